The van der Waals surface area contributed by atoms with E-state index in [0.29, 0.717) is 0 Å². The minimum Gasteiger partial charge on any atom is -0.375 e. The molecule has 0 N–H and O–H groups in total. The lowest BCUT2D eigenvalue weighted by molar-refractivity contribution is 0.426. The first-order valence-electron chi connectivity index (χ1n) is 3.65. The topological polar surface area (TPSA) is 3.24 Å². The number of nitrogens with zero attached hydrogens (tertiary/aromatic N) is 1. The van der Waals surface area contributed by atoms with Crippen LogP contribution in [0.4, 0.5) is 0 Å². The van der Waals surface area contributed by atoms with Gasteiger partial charge in [-0.1, -0.05) is 20.1 Å². The maximum absolute atomic E-state index is 3.90. The first-order valence-corrected chi connectivity index (χ1v) is 3.65. The summed E-state index contributed by atoms with van der Waals surface area (Å²) < 4.78 is 0. The molecule has 0 bridgehead atoms. The van der Waals surface area contributed by atoms with Gasteiger partial charge in [0.15, 0.2) is 0 Å². The van der Waals surface area contributed by atoms with Crippen LogP contribution in [0.5, 0.6) is 0 Å². The Balaban J connectivity index is 3.82. The number of hydrogen-bond acceptors (Lipinski definition) is 1. The van der Waals surface area contributed by atoms with E-state index in [1.165, 1.54) is 0 Å². The maximum Gasteiger partial charge on any atom is 0.0314 e. The third-order valence-electron chi connectivity index (χ3n) is 1.51. The summed E-state index contributed by atoms with van der Waals surface area (Å²) in [6.07, 6.45) is 1.16. The second kappa shape index (κ2) is 4.15. The molecule has 0 saturated heterocycles. The van der Waals surface area contributed by atoms with Crippen molar-refractivity contribution < 1.29 is 0 Å². The molecule has 1 heteroatoms. The summed E-state index contributed by atoms with van der Waals surface area (Å²) in [4.78, 5) is 2.13. The number of likely N-dealkylation sites (N-methyl/N-ethyl adjacent to an activating group) is 1. The monoisotopic (exact) mass is 139 g/mol. The van der Waals surface area contributed by atoms with E-state index in [1.807, 2.05) is 14.0 Å². The molecule has 10 heavy (non-hydrogen) atoms. The van der Waals surface area contributed by atoms with Crippen molar-refractivity contribution in [3.05, 3.63) is 24.4 Å². The Bertz CT molecular complexity index is 136. The molecule has 0 aromatic heterocycles. The van der Waals surface area contributed by atoms with Crippen LogP contribution in [0.2, 0.25) is 0 Å². The summed E-state index contributed by atoms with van der Waals surface area (Å²) in [5, 5.41) is 0. The molecular weight excluding hydrogens is 122 g/mol. The molecule has 0 aliphatic rings. The van der Waals surface area contributed by atoms with Crippen LogP contribution in [0.3, 0.4) is 0 Å². The average Bonchev–Trinajstić information content (AvgIpc) is 1.87. The first-order chi connectivity index (χ1) is 4.59. The third-order valence-corrected chi connectivity index (χ3v) is 1.51. The Morgan fingerprint density at radius 3 is 2.20 bits per heavy atom. The Kier molecular flexibility index (Phi) is 3.85. The summed E-state index contributed by atoms with van der Waals surface area (Å²) in [5.41, 5.74) is 2.10. The molecule has 0 rings (SSSR count). The van der Waals surface area contributed by atoms with E-state index in [9.17, 15) is 0 Å². The summed E-state index contributed by atoms with van der Waals surface area (Å²) >= 11 is 0. The van der Waals surface area contributed by atoms with Gasteiger partial charge >= 0.3 is 0 Å². The number of allylic oxidation sites excluding steroid dienone is 1. The van der Waals surface area contributed by atoms with Crippen molar-refractivity contribution in [2.45, 2.75) is 20.3 Å². The number of hydrogen-bond donors (Lipinski definition) is 0. The zero-order valence-electron chi connectivity index (χ0n) is 7.28. The average molecular weight is 139 g/mol. The number of rotatable bonds is 4. The van der Waals surface area contributed by atoms with E-state index in [2.05, 4.69) is 25.0 Å². The molecule has 0 unspecified atom stereocenters. The summed E-state index contributed by atoms with van der Waals surface area (Å²) in [6.45, 7) is 12.9. The fraction of sp³-hybridized carbons (Fsp3) is 0.556. The highest BCUT2D eigenvalue weighted by Gasteiger charge is 1.98. The highest BCUT2D eigenvalue weighted by Crippen LogP contribution is 2.07. The zero-order chi connectivity index (χ0) is 8.15. The molecule has 0 aromatic carbocycles. The molecule has 0 aromatic rings. The van der Waals surface area contributed by atoms with E-state index < -0.39 is 0 Å². The SMILES string of the molecule is C=C(C)C(=C)N(C)CCC. The van der Waals surface area contributed by atoms with Crippen molar-refractivity contribution in [1.29, 1.82) is 0 Å². The van der Waals surface area contributed by atoms with Crippen molar-refractivity contribution in [2.75, 3.05) is 13.6 Å². The van der Waals surface area contributed by atoms with Gasteiger partial charge in [0.25, 0.3) is 0 Å². The van der Waals surface area contributed by atoms with Gasteiger partial charge < -0.3 is 4.90 Å². The summed E-state index contributed by atoms with van der Waals surface area (Å²) in [5.74, 6) is 0. The van der Waals surface area contributed by atoms with Crippen LogP contribution in [0.1, 0.15) is 20.3 Å². The second-order valence-electron chi connectivity index (χ2n) is 2.65. The molecule has 0 heterocycles. The van der Waals surface area contributed by atoms with Crippen molar-refractivity contribution >= 4 is 0 Å². The van der Waals surface area contributed by atoms with Crippen molar-refractivity contribution in [3.63, 3.8) is 0 Å². The van der Waals surface area contributed by atoms with Crippen molar-refractivity contribution in [2.24, 2.45) is 0 Å². The van der Waals surface area contributed by atoms with Gasteiger partial charge in [0.2, 0.25) is 0 Å². The highest BCUT2D eigenvalue weighted by atomic mass is 15.1. The van der Waals surface area contributed by atoms with E-state index >= 15 is 0 Å². The third kappa shape index (κ3) is 2.72. The first kappa shape index (κ1) is 9.28. The van der Waals surface area contributed by atoms with Gasteiger partial charge in [0, 0.05) is 19.3 Å². The van der Waals surface area contributed by atoms with Crippen molar-refractivity contribution in [3.8, 4) is 0 Å². The minimum atomic E-state index is 1.04. The predicted molar refractivity (Wildman–Crippen MR) is 46.9 cm³/mol. The normalized spacial score (nSPS) is 9.10. The molecule has 0 saturated carbocycles. The molecule has 0 fully saturated rings. The van der Waals surface area contributed by atoms with Gasteiger partial charge in [0.1, 0.15) is 0 Å². The van der Waals surface area contributed by atoms with Crippen LogP contribution in [0.15, 0.2) is 24.4 Å². The van der Waals surface area contributed by atoms with E-state index in [-0.39, 0.29) is 0 Å². The van der Waals surface area contributed by atoms with Crippen LogP contribution in [-0.2, 0) is 0 Å². The Labute approximate surface area is 64.0 Å². The molecule has 0 aliphatic carbocycles. The molecule has 0 atom stereocenters. The quantitative estimate of drug-likeness (QED) is 0.541. The van der Waals surface area contributed by atoms with Crippen LogP contribution in [0.25, 0.3) is 0 Å². The molecule has 58 valence electrons. The lowest BCUT2D eigenvalue weighted by Crippen LogP contribution is -2.17. The molecular formula is C9H17N. The van der Waals surface area contributed by atoms with Gasteiger partial charge in [0.05, 0.1) is 0 Å². The predicted octanol–water partition coefficient (Wildman–Crippen LogP) is 2.42. The lowest BCUT2D eigenvalue weighted by Gasteiger charge is -2.20. The van der Waals surface area contributed by atoms with Gasteiger partial charge in [-0.2, -0.15) is 0 Å². The minimum absolute atomic E-state index is 1.04. The molecule has 0 amide bonds. The van der Waals surface area contributed by atoms with Crippen LogP contribution in [0, 0.1) is 0 Å². The van der Waals surface area contributed by atoms with E-state index in [0.717, 1.165) is 24.2 Å². The van der Waals surface area contributed by atoms with Gasteiger partial charge in [-0.05, 0) is 18.9 Å². The maximum atomic E-state index is 3.90. The smallest absolute Gasteiger partial charge is 0.0314 e. The van der Waals surface area contributed by atoms with Crippen LogP contribution in [-0.4, -0.2) is 18.5 Å². The molecule has 0 spiro atoms. The second-order valence-corrected chi connectivity index (χ2v) is 2.65. The standard InChI is InChI=1S/C9H17N/c1-6-7-10(5)9(4)8(2)3/h2,4,6-7H2,1,3,5H3. The summed E-state index contributed by atoms with van der Waals surface area (Å²) in [6, 6.07) is 0. The zero-order valence-corrected chi connectivity index (χ0v) is 7.28. The van der Waals surface area contributed by atoms with E-state index in [1.54, 1.807) is 0 Å². The van der Waals surface area contributed by atoms with Gasteiger partial charge in [-0.15, -0.1) is 0 Å². The lowest BCUT2D eigenvalue weighted by atomic mass is 10.2. The van der Waals surface area contributed by atoms with Crippen LogP contribution < -0.4 is 0 Å². The fourth-order valence-corrected chi connectivity index (χ4v) is 0.796. The highest BCUT2D eigenvalue weighted by molar-refractivity contribution is 5.20. The Hall–Kier alpha value is -0.720. The van der Waals surface area contributed by atoms with E-state index in [4.69, 9.17) is 0 Å². The van der Waals surface area contributed by atoms with Crippen molar-refractivity contribution in [1.82, 2.24) is 4.90 Å². The molecule has 0 aliphatic heterocycles. The Morgan fingerprint density at radius 1 is 1.40 bits per heavy atom. The largest absolute Gasteiger partial charge is 0.375 e. The Morgan fingerprint density at radius 2 is 1.90 bits per heavy atom. The van der Waals surface area contributed by atoms with Gasteiger partial charge in [-0.3, -0.25) is 0 Å². The van der Waals surface area contributed by atoms with Gasteiger partial charge in [-0.25, -0.2) is 0 Å². The fourth-order valence-electron chi connectivity index (χ4n) is 0.796. The molecule has 1 nitrogen and oxygen atoms in total. The molecule has 0 radical (unpaired) electrons. The van der Waals surface area contributed by atoms with Crippen LogP contribution >= 0.6 is 0 Å². The summed E-state index contributed by atoms with van der Waals surface area (Å²) in [7, 11) is 2.04.